The van der Waals surface area contributed by atoms with E-state index in [2.05, 4.69) is 19.1 Å². The quantitative estimate of drug-likeness (QED) is 0.0801. The highest BCUT2D eigenvalue weighted by Gasteiger charge is 2.28. The van der Waals surface area contributed by atoms with Crippen LogP contribution in [0.25, 0.3) is 0 Å². The minimum Gasteiger partial charge on any atom is -0.494 e. The summed E-state index contributed by atoms with van der Waals surface area (Å²) in [6.07, 6.45) is 16.6. The Kier molecular flexibility index (Phi) is 21.4. The zero-order valence-corrected chi connectivity index (χ0v) is 27.7. The molecule has 1 N–H and O–H groups in total. The van der Waals surface area contributed by atoms with Gasteiger partial charge in [0.05, 0.1) is 19.3 Å². The van der Waals surface area contributed by atoms with Gasteiger partial charge in [-0.05, 0) is 69.8 Å². The minimum absolute atomic E-state index is 0.0314. The number of hydrogen-bond donors (Lipinski definition) is 1. The maximum absolute atomic E-state index is 12.5. The number of Topliss-reactive ketones (excluding diaryl/α,β-unsaturated/α-hetero) is 1. The molecule has 0 aliphatic carbocycles. The number of unbranched alkanes of at least 4 members (excludes halogenated alkanes) is 9. The standard InChI is InChI=1S/C33H60NO6P/c1-6-9-10-11-12-13-14-15-16-17-25-38-33-23-21-29(22-24-33)19-18-20-30(26-31(35)7-2)28-39-41(36,37)40-32(8-3)27-34(4)5/h21-24,30,32H,6-20,25-28H2,1-5H3,(H,36,37). The summed E-state index contributed by atoms with van der Waals surface area (Å²) in [7, 11) is -0.419. The van der Waals surface area contributed by atoms with E-state index in [-0.39, 0.29) is 18.3 Å². The van der Waals surface area contributed by atoms with Gasteiger partial charge in [0, 0.05) is 19.4 Å². The summed E-state index contributed by atoms with van der Waals surface area (Å²) in [5, 5.41) is 0. The SMILES string of the molecule is CCCCCCCCCCCCOc1ccc(CCCC(COP(=O)(O)OC(CC)CN(C)C)CC(=O)CC)cc1. The van der Waals surface area contributed by atoms with E-state index in [1.807, 2.05) is 45.0 Å². The number of nitrogens with zero attached hydrogens (tertiary/aromatic N) is 1. The molecule has 0 saturated heterocycles. The first-order chi connectivity index (χ1) is 19.7. The number of hydrogen-bond acceptors (Lipinski definition) is 6. The first-order valence-electron chi connectivity index (χ1n) is 16.2. The van der Waals surface area contributed by atoms with Crippen LogP contribution in [0.2, 0.25) is 0 Å². The zero-order chi connectivity index (χ0) is 30.3. The van der Waals surface area contributed by atoms with Crippen LogP contribution in [0.3, 0.4) is 0 Å². The van der Waals surface area contributed by atoms with Gasteiger partial charge >= 0.3 is 7.82 Å². The fourth-order valence-electron chi connectivity index (χ4n) is 4.90. The second kappa shape index (κ2) is 23.2. The molecule has 238 valence electrons. The van der Waals surface area contributed by atoms with Crippen molar-refractivity contribution in [2.75, 3.05) is 33.9 Å². The van der Waals surface area contributed by atoms with Gasteiger partial charge in [0.2, 0.25) is 0 Å². The Bertz CT molecular complexity index is 832. The number of carbonyl (C=O) groups excluding carboxylic acids is 1. The molecule has 7 nitrogen and oxygen atoms in total. The zero-order valence-electron chi connectivity index (χ0n) is 26.8. The molecule has 3 unspecified atom stereocenters. The normalized spacial score (nSPS) is 14.6. The first-order valence-corrected chi connectivity index (χ1v) is 17.7. The lowest BCUT2D eigenvalue weighted by atomic mass is 9.95. The predicted octanol–water partition coefficient (Wildman–Crippen LogP) is 8.77. The molecular formula is C33H60NO6P. The Morgan fingerprint density at radius 2 is 1.51 bits per heavy atom. The van der Waals surface area contributed by atoms with Crippen molar-refractivity contribution < 1.29 is 28.0 Å². The van der Waals surface area contributed by atoms with Crippen molar-refractivity contribution >= 4 is 13.6 Å². The molecule has 1 aromatic carbocycles. The van der Waals surface area contributed by atoms with Crippen LogP contribution >= 0.6 is 7.82 Å². The number of phosphoric ester groups is 1. The smallest absolute Gasteiger partial charge is 0.472 e. The van der Waals surface area contributed by atoms with Crippen LogP contribution in [0.1, 0.15) is 123 Å². The van der Waals surface area contributed by atoms with E-state index < -0.39 is 13.9 Å². The molecule has 3 atom stereocenters. The van der Waals surface area contributed by atoms with E-state index >= 15 is 0 Å². The summed E-state index contributed by atoms with van der Waals surface area (Å²) in [4.78, 5) is 24.3. The van der Waals surface area contributed by atoms with E-state index in [1.54, 1.807) is 0 Å². The number of ketones is 1. The Morgan fingerprint density at radius 3 is 2.07 bits per heavy atom. The van der Waals surface area contributed by atoms with E-state index in [4.69, 9.17) is 13.8 Å². The van der Waals surface area contributed by atoms with E-state index in [1.165, 1.54) is 63.4 Å². The van der Waals surface area contributed by atoms with Crippen LogP contribution in [0.5, 0.6) is 5.75 Å². The summed E-state index contributed by atoms with van der Waals surface area (Å²) >= 11 is 0. The van der Waals surface area contributed by atoms with Crippen molar-refractivity contribution in [2.45, 2.75) is 130 Å². The van der Waals surface area contributed by atoms with Crippen LogP contribution in [-0.2, 0) is 24.8 Å². The van der Waals surface area contributed by atoms with Crippen LogP contribution in [0.15, 0.2) is 24.3 Å². The fraction of sp³-hybridized carbons (Fsp3) is 0.788. The van der Waals surface area contributed by atoms with Gasteiger partial charge in [-0.25, -0.2) is 4.57 Å². The molecule has 0 fully saturated rings. The number of phosphoric acid groups is 1. The molecule has 0 aliphatic rings. The fourth-order valence-corrected chi connectivity index (χ4v) is 5.95. The molecule has 0 bridgehead atoms. The number of carbonyl (C=O) groups is 1. The average molecular weight is 598 g/mol. The number of ether oxygens (including phenoxy) is 1. The van der Waals surface area contributed by atoms with Crippen LogP contribution in [-0.4, -0.2) is 55.5 Å². The number of rotatable bonds is 27. The summed E-state index contributed by atoms with van der Waals surface area (Å²) in [5.74, 6) is 0.919. The summed E-state index contributed by atoms with van der Waals surface area (Å²) in [6.45, 7) is 7.34. The highest BCUT2D eigenvalue weighted by molar-refractivity contribution is 7.47. The van der Waals surface area contributed by atoms with E-state index in [0.29, 0.717) is 25.8 Å². The molecule has 1 aromatic rings. The summed E-state index contributed by atoms with van der Waals surface area (Å²) in [6, 6.07) is 8.26. The first kappa shape index (κ1) is 37.8. The molecule has 0 aromatic heterocycles. The Balaban J connectivity index is 2.36. The molecule has 41 heavy (non-hydrogen) atoms. The summed E-state index contributed by atoms with van der Waals surface area (Å²) in [5.41, 5.74) is 1.21. The van der Waals surface area contributed by atoms with Gasteiger partial charge in [0.25, 0.3) is 0 Å². The Hall–Kier alpha value is -1.24. The van der Waals surface area contributed by atoms with Gasteiger partial charge in [-0.15, -0.1) is 0 Å². The lowest BCUT2D eigenvalue weighted by molar-refractivity contribution is -0.120. The molecule has 0 heterocycles. The van der Waals surface area contributed by atoms with Crippen molar-refractivity contribution in [1.29, 1.82) is 0 Å². The number of likely N-dealkylation sites (N-methyl/N-ethyl adjacent to an activating group) is 1. The number of aryl methyl sites for hydroxylation is 1. The van der Waals surface area contributed by atoms with Crippen molar-refractivity contribution in [3.8, 4) is 5.75 Å². The van der Waals surface area contributed by atoms with Crippen molar-refractivity contribution in [2.24, 2.45) is 5.92 Å². The Labute approximate surface area is 251 Å². The maximum atomic E-state index is 12.5. The topological polar surface area (TPSA) is 85.3 Å². The van der Waals surface area contributed by atoms with E-state index in [0.717, 1.165) is 38.0 Å². The van der Waals surface area contributed by atoms with Crippen molar-refractivity contribution in [3.05, 3.63) is 29.8 Å². The second-order valence-electron chi connectivity index (χ2n) is 11.7. The third kappa shape index (κ3) is 20.3. The third-order valence-electron chi connectivity index (χ3n) is 7.46. The number of benzene rings is 1. The van der Waals surface area contributed by atoms with Gasteiger partial charge in [-0.3, -0.25) is 13.8 Å². The average Bonchev–Trinajstić information content (AvgIpc) is 2.94. The van der Waals surface area contributed by atoms with Gasteiger partial charge in [-0.1, -0.05) is 90.7 Å². The van der Waals surface area contributed by atoms with Crippen LogP contribution in [0.4, 0.5) is 0 Å². The predicted molar refractivity (Wildman–Crippen MR) is 170 cm³/mol. The molecule has 0 radical (unpaired) electrons. The highest BCUT2D eigenvalue weighted by atomic mass is 31.2. The molecule has 0 saturated carbocycles. The molecule has 0 amide bonds. The Morgan fingerprint density at radius 1 is 0.902 bits per heavy atom. The third-order valence-corrected chi connectivity index (χ3v) is 8.50. The lowest BCUT2D eigenvalue weighted by Crippen LogP contribution is -2.27. The minimum atomic E-state index is -4.20. The van der Waals surface area contributed by atoms with Crippen molar-refractivity contribution in [3.63, 3.8) is 0 Å². The molecule has 8 heteroatoms. The van der Waals surface area contributed by atoms with Crippen molar-refractivity contribution in [1.82, 2.24) is 4.90 Å². The maximum Gasteiger partial charge on any atom is 0.472 e. The van der Waals surface area contributed by atoms with Gasteiger partial charge in [0.15, 0.2) is 0 Å². The van der Waals surface area contributed by atoms with Gasteiger partial charge in [0.1, 0.15) is 11.5 Å². The van der Waals surface area contributed by atoms with Crippen LogP contribution < -0.4 is 4.74 Å². The molecule has 0 aliphatic heterocycles. The molecule has 1 rings (SSSR count). The van der Waals surface area contributed by atoms with Gasteiger partial charge in [-0.2, -0.15) is 0 Å². The lowest BCUT2D eigenvalue weighted by Gasteiger charge is -2.24. The molecule has 0 spiro atoms. The molecular weight excluding hydrogens is 537 g/mol. The largest absolute Gasteiger partial charge is 0.494 e. The van der Waals surface area contributed by atoms with Crippen LogP contribution in [0, 0.1) is 5.92 Å². The highest BCUT2D eigenvalue weighted by Crippen LogP contribution is 2.46. The monoisotopic (exact) mass is 597 g/mol. The van der Waals surface area contributed by atoms with Gasteiger partial charge < -0.3 is 14.5 Å². The second-order valence-corrected chi connectivity index (χ2v) is 13.1. The van der Waals surface area contributed by atoms with E-state index in [9.17, 15) is 14.3 Å². The summed E-state index contributed by atoms with van der Waals surface area (Å²) < 4.78 is 29.2.